The Morgan fingerprint density at radius 3 is 2.64 bits per heavy atom. The highest BCUT2D eigenvalue weighted by atomic mass is 19.1. The molecule has 0 aromatic heterocycles. The SMILES string of the molecule is O=C(NCCCF)N1CC2(CC2)C[C@@H]1Cc1cccc(-c2ccccc2)c1F. The molecule has 1 heterocycles. The van der Waals surface area contributed by atoms with Crippen LogP contribution in [0.15, 0.2) is 48.5 Å². The molecule has 2 aromatic carbocycles. The molecule has 1 aliphatic heterocycles. The van der Waals surface area contributed by atoms with Gasteiger partial charge < -0.3 is 10.2 Å². The molecule has 1 N–H and O–H groups in total. The van der Waals surface area contributed by atoms with E-state index in [-0.39, 0.29) is 23.3 Å². The fourth-order valence-electron chi connectivity index (χ4n) is 4.32. The second-order valence-electron chi connectivity index (χ2n) is 8.11. The van der Waals surface area contributed by atoms with Crippen LogP contribution in [0.4, 0.5) is 13.6 Å². The van der Waals surface area contributed by atoms with Gasteiger partial charge in [0.15, 0.2) is 0 Å². The normalized spacial score (nSPS) is 19.8. The number of nitrogens with one attached hydrogen (secondary N) is 1. The Hall–Kier alpha value is -2.43. The Labute approximate surface area is 164 Å². The summed E-state index contributed by atoms with van der Waals surface area (Å²) >= 11 is 0. The molecule has 1 saturated carbocycles. The molecular weight excluding hydrogens is 358 g/mol. The van der Waals surface area contributed by atoms with Gasteiger partial charge in [0.2, 0.25) is 0 Å². The van der Waals surface area contributed by atoms with Crippen LogP contribution in [0.5, 0.6) is 0 Å². The third-order valence-corrected chi connectivity index (χ3v) is 6.04. The molecule has 1 saturated heterocycles. The molecule has 2 fully saturated rings. The lowest BCUT2D eigenvalue weighted by atomic mass is 9.95. The lowest BCUT2D eigenvalue weighted by Gasteiger charge is -2.25. The Kier molecular flexibility index (Phi) is 5.33. The maximum Gasteiger partial charge on any atom is 0.317 e. The third-order valence-electron chi connectivity index (χ3n) is 6.04. The van der Waals surface area contributed by atoms with Crippen molar-refractivity contribution in [1.82, 2.24) is 10.2 Å². The van der Waals surface area contributed by atoms with E-state index in [4.69, 9.17) is 0 Å². The van der Waals surface area contributed by atoms with Gasteiger partial charge in [-0.3, -0.25) is 4.39 Å². The van der Waals surface area contributed by atoms with Gasteiger partial charge in [-0.25, -0.2) is 9.18 Å². The molecule has 2 aliphatic rings. The summed E-state index contributed by atoms with van der Waals surface area (Å²) < 4.78 is 27.6. The number of nitrogens with zero attached hydrogens (tertiary/aromatic N) is 1. The predicted molar refractivity (Wildman–Crippen MR) is 106 cm³/mol. The minimum absolute atomic E-state index is 0.0200. The van der Waals surface area contributed by atoms with Crippen LogP contribution in [-0.2, 0) is 6.42 Å². The number of alkyl halides is 1. The van der Waals surface area contributed by atoms with E-state index in [0.29, 0.717) is 30.5 Å². The predicted octanol–water partition coefficient (Wildman–Crippen LogP) is 4.96. The minimum Gasteiger partial charge on any atom is -0.338 e. The van der Waals surface area contributed by atoms with Gasteiger partial charge in [-0.05, 0) is 48.6 Å². The molecule has 1 atom stereocenters. The van der Waals surface area contributed by atoms with Crippen molar-refractivity contribution >= 4 is 6.03 Å². The van der Waals surface area contributed by atoms with Gasteiger partial charge in [-0.15, -0.1) is 0 Å². The van der Waals surface area contributed by atoms with Crippen LogP contribution in [-0.4, -0.2) is 36.7 Å². The van der Waals surface area contributed by atoms with Crippen LogP contribution < -0.4 is 5.32 Å². The van der Waals surface area contributed by atoms with Crippen molar-refractivity contribution in [2.45, 2.75) is 38.1 Å². The van der Waals surface area contributed by atoms with Crippen LogP contribution in [0.2, 0.25) is 0 Å². The molecule has 2 aromatic rings. The smallest absolute Gasteiger partial charge is 0.317 e. The summed E-state index contributed by atoms with van der Waals surface area (Å²) in [5.74, 6) is -0.205. The molecule has 1 spiro atoms. The molecule has 2 amide bonds. The number of halogens is 2. The molecule has 4 rings (SSSR count). The topological polar surface area (TPSA) is 32.3 Å². The number of carbonyl (C=O) groups excluding carboxylic acids is 1. The fraction of sp³-hybridized carbons (Fsp3) is 0.435. The van der Waals surface area contributed by atoms with Crippen molar-refractivity contribution in [1.29, 1.82) is 0 Å². The summed E-state index contributed by atoms with van der Waals surface area (Å²) in [5.41, 5.74) is 2.31. The number of likely N-dealkylation sites (tertiary alicyclic amines) is 1. The van der Waals surface area contributed by atoms with E-state index in [0.717, 1.165) is 31.4 Å². The van der Waals surface area contributed by atoms with Crippen molar-refractivity contribution in [2.75, 3.05) is 19.8 Å². The Bertz CT molecular complexity index is 836. The molecule has 5 heteroatoms. The molecule has 3 nitrogen and oxygen atoms in total. The van der Waals surface area contributed by atoms with Crippen LogP contribution in [0.3, 0.4) is 0 Å². The highest BCUT2D eigenvalue weighted by Crippen LogP contribution is 2.55. The van der Waals surface area contributed by atoms with Gasteiger partial charge in [-0.2, -0.15) is 0 Å². The number of amides is 2. The van der Waals surface area contributed by atoms with E-state index in [2.05, 4.69) is 5.32 Å². The van der Waals surface area contributed by atoms with Gasteiger partial charge in [0.1, 0.15) is 5.82 Å². The summed E-state index contributed by atoms with van der Waals surface area (Å²) in [6.45, 7) is 0.619. The summed E-state index contributed by atoms with van der Waals surface area (Å²) in [6.07, 6.45) is 4.00. The average Bonchev–Trinajstić information content (AvgIpc) is 3.37. The number of urea groups is 1. The number of hydrogen-bond donors (Lipinski definition) is 1. The molecule has 0 unspecified atom stereocenters. The summed E-state index contributed by atoms with van der Waals surface area (Å²) in [6, 6.07) is 14.9. The monoisotopic (exact) mass is 384 g/mol. The molecule has 1 aliphatic carbocycles. The van der Waals surface area contributed by atoms with Crippen molar-refractivity contribution in [3.63, 3.8) is 0 Å². The summed E-state index contributed by atoms with van der Waals surface area (Å²) in [7, 11) is 0. The number of carbonyl (C=O) groups is 1. The first-order valence-corrected chi connectivity index (χ1v) is 10.1. The fourth-order valence-corrected chi connectivity index (χ4v) is 4.32. The Morgan fingerprint density at radius 1 is 1.14 bits per heavy atom. The Morgan fingerprint density at radius 2 is 1.93 bits per heavy atom. The maximum absolute atomic E-state index is 15.2. The lowest BCUT2D eigenvalue weighted by molar-refractivity contribution is 0.190. The van der Waals surface area contributed by atoms with Crippen LogP contribution in [0.25, 0.3) is 11.1 Å². The zero-order valence-corrected chi connectivity index (χ0v) is 16.0. The third kappa shape index (κ3) is 3.89. The number of hydrogen-bond acceptors (Lipinski definition) is 1. The standard InChI is InChI=1S/C23H26F2N2O/c24-12-5-13-26-22(28)27-16-23(10-11-23)15-19(27)14-18-8-4-9-20(21(18)25)17-6-2-1-3-7-17/h1-4,6-9,19H,5,10-16H2,(H,26,28)/t19-/m0/s1. The first-order chi connectivity index (χ1) is 13.6. The highest BCUT2D eigenvalue weighted by Gasteiger charge is 2.53. The second kappa shape index (κ2) is 7.90. The van der Waals surface area contributed by atoms with Crippen LogP contribution in [0.1, 0.15) is 31.2 Å². The average molecular weight is 384 g/mol. The van der Waals surface area contributed by atoms with Crippen molar-refractivity contribution in [2.24, 2.45) is 5.41 Å². The molecule has 0 radical (unpaired) electrons. The van der Waals surface area contributed by atoms with Gasteiger partial charge in [0.05, 0.1) is 6.67 Å². The van der Waals surface area contributed by atoms with Gasteiger partial charge in [-0.1, -0.05) is 48.5 Å². The summed E-state index contributed by atoms with van der Waals surface area (Å²) in [5, 5.41) is 2.81. The maximum atomic E-state index is 15.2. The second-order valence-corrected chi connectivity index (χ2v) is 8.11. The largest absolute Gasteiger partial charge is 0.338 e. The van der Waals surface area contributed by atoms with E-state index in [9.17, 15) is 9.18 Å². The Balaban J connectivity index is 1.53. The van der Waals surface area contributed by atoms with Gasteiger partial charge in [0, 0.05) is 24.7 Å². The van der Waals surface area contributed by atoms with E-state index < -0.39 is 6.67 Å². The van der Waals surface area contributed by atoms with Crippen LogP contribution in [0, 0.1) is 11.2 Å². The van der Waals surface area contributed by atoms with Crippen molar-refractivity contribution in [3.8, 4) is 11.1 Å². The summed E-state index contributed by atoms with van der Waals surface area (Å²) in [4.78, 5) is 14.5. The van der Waals surface area contributed by atoms with E-state index >= 15 is 4.39 Å². The first-order valence-electron chi connectivity index (χ1n) is 10.1. The van der Waals surface area contributed by atoms with E-state index in [1.165, 1.54) is 0 Å². The molecule has 148 valence electrons. The van der Waals surface area contributed by atoms with E-state index in [1.54, 1.807) is 6.07 Å². The zero-order chi connectivity index (χ0) is 19.6. The lowest BCUT2D eigenvalue weighted by Crippen LogP contribution is -2.44. The van der Waals surface area contributed by atoms with E-state index in [1.807, 2.05) is 47.4 Å². The molecular formula is C23H26F2N2O. The quantitative estimate of drug-likeness (QED) is 0.702. The van der Waals surface area contributed by atoms with Crippen LogP contribution >= 0.6 is 0 Å². The zero-order valence-electron chi connectivity index (χ0n) is 16.0. The highest BCUT2D eigenvalue weighted by molar-refractivity contribution is 5.75. The first kappa shape index (κ1) is 18.9. The van der Waals surface area contributed by atoms with Crippen molar-refractivity contribution in [3.05, 3.63) is 59.9 Å². The van der Waals surface area contributed by atoms with Crippen molar-refractivity contribution < 1.29 is 13.6 Å². The molecule has 28 heavy (non-hydrogen) atoms. The number of rotatable bonds is 6. The van der Waals surface area contributed by atoms with Gasteiger partial charge in [0.25, 0.3) is 0 Å². The van der Waals surface area contributed by atoms with Gasteiger partial charge >= 0.3 is 6.03 Å². The molecule has 0 bridgehead atoms. The number of benzene rings is 2. The minimum atomic E-state index is -0.439.